The minimum Gasteiger partial charge on any atom is -0.497 e. The highest BCUT2D eigenvalue weighted by atomic mass is 31.2. The summed E-state index contributed by atoms with van der Waals surface area (Å²) in [6, 6.07) is 38.5. The van der Waals surface area contributed by atoms with Gasteiger partial charge in [0.25, 0.3) is 5.95 Å². The maximum absolute atomic E-state index is 10.7. The van der Waals surface area contributed by atoms with Crippen LogP contribution in [-0.2, 0) is 4.74 Å². The second-order valence-corrected chi connectivity index (χ2v) is 12.0. The van der Waals surface area contributed by atoms with E-state index in [4.69, 9.17) is 14.6 Å². The topological polar surface area (TPSA) is 82.3 Å². The van der Waals surface area contributed by atoms with Crippen molar-refractivity contribution in [1.82, 2.24) is 20.2 Å². The molecule has 1 N–H and O–H groups in total. The summed E-state index contributed by atoms with van der Waals surface area (Å²) in [5.74, 6) is 0.448. The molecule has 4 aromatic carbocycles. The zero-order chi connectivity index (χ0) is 26.4. The van der Waals surface area contributed by atoms with Crippen LogP contribution in [0.1, 0.15) is 5.78 Å². The number of hydrogen-bond acceptors (Lipinski definition) is 6. The van der Waals surface area contributed by atoms with E-state index in [1.165, 1.54) is 7.11 Å². The second kappa shape index (κ2) is 11.3. The molecular formula is C30H28N4O3P+. The Bertz CT molecular complexity index is 1390. The van der Waals surface area contributed by atoms with Gasteiger partial charge in [0.1, 0.15) is 28.9 Å². The number of rotatable bonds is 9. The summed E-state index contributed by atoms with van der Waals surface area (Å²) in [5, 5.41) is 27.8. The largest absolute Gasteiger partial charge is 0.497 e. The van der Waals surface area contributed by atoms with Gasteiger partial charge in [-0.1, -0.05) is 54.6 Å². The molecule has 1 unspecified atom stereocenters. The molecule has 190 valence electrons. The molecule has 8 heteroatoms. The monoisotopic (exact) mass is 523 g/mol. The summed E-state index contributed by atoms with van der Waals surface area (Å²) < 4.78 is 10.5. The van der Waals surface area contributed by atoms with Crippen molar-refractivity contribution >= 4 is 23.2 Å². The van der Waals surface area contributed by atoms with E-state index in [9.17, 15) is 5.11 Å². The number of aliphatic hydroxyl groups excluding tert-OH is 1. The standard InChI is InChI=1S/C30H27N4O3P/c1-36-24-20-18-23(19-21-24)30-31-33-34(32-30)28(22-29(35)37-2)38(25-12-6-3-7-13-25,26-14-8-4-9-15-26)27-16-10-5-11-17-27/h3-22,28H,1-2H3/p+1/b29-22+. The van der Waals surface area contributed by atoms with Crippen LogP contribution in [0, 0.1) is 0 Å². The lowest BCUT2D eigenvalue weighted by Crippen LogP contribution is -2.37. The predicted molar refractivity (Wildman–Crippen MR) is 152 cm³/mol. The third kappa shape index (κ3) is 4.76. The van der Waals surface area contributed by atoms with Crippen molar-refractivity contribution in [3.63, 3.8) is 0 Å². The summed E-state index contributed by atoms with van der Waals surface area (Å²) in [5.41, 5.74) is 0.804. The molecule has 1 atom stereocenters. The molecule has 0 fully saturated rings. The van der Waals surface area contributed by atoms with Crippen LogP contribution < -0.4 is 20.7 Å². The van der Waals surface area contributed by atoms with E-state index in [-0.39, 0.29) is 5.95 Å². The Labute approximate surface area is 222 Å². The van der Waals surface area contributed by atoms with Gasteiger partial charge in [-0.2, -0.15) is 0 Å². The molecule has 0 aliphatic carbocycles. The van der Waals surface area contributed by atoms with Crippen LogP contribution in [0.3, 0.4) is 0 Å². The van der Waals surface area contributed by atoms with Crippen LogP contribution in [0.2, 0.25) is 0 Å². The summed E-state index contributed by atoms with van der Waals surface area (Å²) in [6.07, 6.45) is 1.68. The molecule has 7 nitrogen and oxygen atoms in total. The van der Waals surface area contributed by atoms with Crippen LogP contribution in [0.15, 0.2) is 127 Å². The lowest BCUT2D eigenvalue weighted by Gasteiger charge is -2.32. The number of nitrogens with zero attached hydrogens (tertiary/aromatic N) is 4. The molecule has 0 spiro atoms. The lowest BCUT2D eigenvalue weighted by atomic mass is 10.2. The van der Waals surface area contributed by atoms with Crippen molar-refractivity contribution in [3.8, 4) is 17.1 Å². The number of tetrazole rings is 1. The first-order valence-electron chi connectivity index (χ1n) is 12.1. The molecule has 5 rings (SSSR count). The van der Waals surface area contributed by atoms with Gasteiger partial charge < -0.3 is 14.6 Å². The molecule has 0 radical (unpaired) electrons. The molecule has 0 aliphatic rings. The average molecular weight is 524 g/mol. The Hall–Kier alpha value is -4.48. The second-order valence-electron chi connectivity index (χ2n) is 8.51. The molecule has 0 bridgehead atoms. The van der Waals surface area contributed by atoms with E-state index >= 15 is 0 Å². The van der Waals surface area contributed by atoms with E-state index in [0.717, 1.165) is 27.2 Å². The first-order valence-corrected chi connectivity index (χ1v) is 14.0. The van der Waals surface area contributed by atoms with Crippen LogP contribution in [-0.4, -0.2) is 39.5 Å². The SMILES string of the molecule is CO/C(O)=C/C(n1nnc(-c2ccc(OC)cc2)n1)[P+](c1ccccc1)(c1ccccc1)c1ccccc1. The molecule has 0 aliphatic heterocycles. The van der Waals surface area contributed by atoms with Gasteiger partial charge in [-0.3, -0.25) is 0 Å². The van der Waals surface area contributed by atoms with Crippen LogP contribution in [0.4, 0.5) is 0 Å². The Morgan fingerprint density at radius 3 is 1.71 bits per heavy atom. The first-order chi connectivity index (χ1) is 18.7. The highest BCUT2D eigenvalue weighted by Gasteiger charge is 2.54. The smallest absolute Gasteiger partial charge is 0.278 e. The van der Waals surface area contributed by atoms with Gasteiger partial charge in [-0.15, -0.1) is 15.0 Å². The van der Waals surface area contributed by atoms with Crippen molar-refractivity contribution in [3.05, 3.63) is 127 Å². The summed E-state index contributed by atoms with van der Waals surface area (Å²) >= 11 is 0. The van der Waals surface area contributed by atoms with Gasteiger partial charge in [-0.05, 0) is 65.9 Å². The van der Waals surface area contributed by atoms with Gasteiger partial charge in [-0.25, -0.2) is 0 Å². The van der Waals surface area contributed by atoms with Crippen LogP contribution >= 0.6 is 7.26 Å². The van der Waals surface area contributed by atoms with Crippen molar-refractivity contribution in [2.24, 2.45) is 0 Å². The van der Waals surface area contributed by atoms with Gasteiger partial charge >= 0.3 is 0 Å². The van der Waals surface area contributed by atoms with Gasteiger partial charge in [0.05, 0.1) is 20.3 Å². The number of methoxy groups -OCH3 is 2. The molecular weight excluding hydrogens is 495 g/mol. The number of hydrogen-bond donors (Lipinski definition) is 1. The predicted octanol–water partition coefficient (Wildman–Crippen LogP) is 4.89. The number of aliphatic hydroxyl groups is 1. The highest BCUT2D eigenvalue weighted by Crippen LogP contribution is 2.65. The summed E-state index contributed by atoms with van der Waals surface area (Å²) in [6.45, 7) is 0. The van der Waals surface area contributed by atoms with Gasteiger partial charge in [0.15, 0.2) is 0 Å². The summed E-state index contributed by atoms with van der Waals surface area (Å²) in [4.78, 5) is 1.59. The molecule has 0 saturated heterocycles. The van der Waals surface area contributed by atoms with E-state index in [2.05, 4.69) is 46.7 Å². The fourth-order valence-electron chi connectivity index (χ4n) is 4.62. The van der Waals surface area contributed by atoms with E-state index in [1.54, 1.807) is 18.0 Å². The number of ether oxygens (including phenoxy) is 2. The molecule has 1 heterocycles. The van der Waals surface area contributed by atoms with E-state index < -0.39 is 13.0 Å². The zero-order valence-corrected chi connectivity index (χ0v) is 22.0. The maximum atomic E-state index is 10.7. The molecule has 1 aromatic heterocycles. The molecule has 38 heavy (non-hydrogen) atoms. The lowest BCUT2D eigenvalue weighted by molar-refractivity contribution is 0.133. The number of benzene rings is 4. The number of allylic oxidation sites excluding steroid dienone is 1. The Morgan fingerprint density at radius 1 is 0.763 bits per heavy atom. The molecule has 0 saturated carbocycles. The van der Waals surface area contributed by atoms with Gasteiger partial charge in [0.2, 0.25) is 11.6 Å². The third-order valence-electron chi connectivity index (χ3n) is 6.40. The van der Waals surface area contributed by atoms with Crippen molar-refractivity contribution in [2.75, 3.05) is 14.2 Å². The normalized spacial score (nSPS) is 12.6. The fraction of sp³-hybridized carbons (Fsp3) is 0.100. The van der Waals surface area contributed by atoms with Crippen molar-refractivity contribution in [2.45, 2.75) is 5.78 Å². The average Bonchev–Trinajstić information content (AvgIpc) is 3.49. The minimum absolute atomic E-state index is 0.217. The van der Waals surface area contributed by atoms with E-state index in [1.807, 2.05) is 78.9 Å². The Balaban J connectivity index is 1.79. The summed E-state index contributed by atoms with van der Waals surface area (Å²) in [7, 11) is 0.485. The van der Waals surface area contributed by atoms with Gasteiger partial charge in [0, 0.05) is 5.56 Å². The maximum Gasteiger partial charge on any atom is 0.278 e. The third-order valence-corrected chi connectivity index (χ3v) is 10.9. The van der Waals surface area contributed by atoms with Crippen LogP contribution in [0.5, 0.6) is 5.75 Å². The number of aromatic nitrogens is 4. The Morgan fingerprint density at radius 2 is 1.26 bits per heavy atom. The first kappa shape index (κ1) is 25.2. The van der Waals surface area contributed by atoms with Crippen molar-refractivity contribution < 1.29 is 14.6 Å². The molecule has 5 aromatic rings. The van der Waals surface area contributed by atoms with Crippen LogP contribution in [0.25, 0.3) is 11.4 Å². The Kier molecular flexibility index (Phi) is 7.47. The highest BCUT2D eigenvalue weighted by molar-refractivity contribution is 7.95. The minimum atomic E-state index is -2.58. The van der Waals surface area contributed by atoms with Crippen molar-refractivity contribution in [1.29, 1.82) is 0 Å². The fourth-order valence-corrected chi connectivity index (χ4v) is 9.11. The van der Waals surface area contributed by atoms with E-state index in [0.29, 0.717) is 5.82 Å². The quantitative estimate of drug-likeness (QED) is 0.219. The molecule has 0 amide bonds. The zero-order valence-electron chi connectivity index (χ0n) is 21.1.